The molecular formula is C42H29N3. The summed E-state index contributed by atoms with van der Waals surface area (Å²) in [5.41, 5.74) is 7.54. The number of rotatable bonds is 5. The Morgan fingerprint density at radius 3 is 1.82 bits per heavy atom. The van der Waals surface area contributed by atoms with Gasteiger partial charge < -0.3 is 14.0 Å². The fraction of sp³-hybridized carbons (Fsp3) is 0. The lowest BCUT2D eigenvalue weighted by molar-refractivity contribution is 1.17. The lowest BCUT2D eigenvalue weighted by atomic mass is 10.1. The zero-order valence-corrected chi connectivity index (χ0v) is 24.3. The number of fused-ring (bicyclic) bond motifs is 6. The van der Waals surface area contributed by atoms with E-state index in [0.29, 0.717) is 35.4 Å². The highest BCUT2D eigenvalue weighted by Gasteiger charge is 2.22. The molecule has 0 unspecified atom stereocenters. The molecule has 0 aliphatic carbocycles. The van der Waals surface area contributed by atoms with Crippen molar-refractivity contribution in [1.82, 2.24) is 9.13 Å². The molecule has 0 N–H and O–H groups in total. The smallest absolute Gasteiger partial charge is 0.0645 e. The van der Waals surface area contributed by atoms with Crippen LogP contribution in [-0.4, -0.2) is 9.13 Å². The third-order valence-corrected chi connectivity index (χ3v) is 8.56. The Balaban J connectivity index is 1.41. The van der Waals surface area contributed by atoms with Crippen molar-refractivity contribution in [2.75, 3.05) is 4.90 Å². The molecule has 0 bridgehead atoms. The van der Waals surface area contributed by atoms with Gasteiger partial charge >= 0.3 is 0 Å². The first kappa shape index (κ1) is 21.6. The molecule has 9 aromatic rings. The van der Waals surface area contributed by atoms with Gasteiger partial charge in [-0.1, -0.05) is 103 Å². The quantitative estimate of drug-likeness (QED) is 0.198. The van der Waals surface area contributed by atoms with Crippen LogP contribution in [0.5, 0.6) is 0 Å². The molecule has 0 atom stereocenters. The molecule has 0 radical (unpaired) electrons. The molecule has 0 amide bonds. The highest BCUT2D eigenvalue weighted by atomic mass is 15.1. The van der Waals surface area contributed by atoms with Crippen molar-refractivity contribution < 1.29 is 5.48 Å². The van der Waals surface area contributed by atoms with E-state index in [1.807, 2.05) is 132 Å². The summed E-state index contributed by atoms with van der Waals surface area (Å²) >= 11 is 0. The number of aromatic nitrogens is 2. The minimum Gasteiger partial charge on any atom is -0.310 e. The van der Waals surface area contributed by atoms with Crippen molar-refractivity contribution in [2.24, 2.45) is 0 Å². The first-order valence-electron chi connectivity index (χ1n) is 17.0. The molecule has 7 aromatic carbocycles. The molecule has 212 valence electrons. The van der Waals surface area contributed by atoms with E-state index in [1.165, 1.54) is 0 Å². The van der Waals surface area contributed by atoms with Crippen LogP contribution < -0.4 is 4.90 Å². The Morgan fingerprint density at radius 2 is 1.07 bits per heavy atom. The molecule has 0 aliphatic rings. The fourth-order valence-corrected chi connectivity index (χ4v) is 6.67. The van der Waals surface area contributed by atoms with Gasteiger partial charge in [0.05, 0.1) is 33.2 Å². The molecule has 3 nitrogen and oxygen atoms in total. The molecule has 0 aliphatic heterocycles. The molecule has 45 heavy (non-hydrogen) atoms. The second-order valence-corrected chi connectivity index (χ2v) is 11.1. The van der Waals surface area contributed by atoms with Gasteiger partial charge in [-0.3, -0.25) is 0 Å². The topological polar surface area (TPSA) is 13.1 Å². The third-order valence-electron chi connectivity index (χ3n) is 8.56. The fourth-order valence-electron chi connectivity index (χ4n) is 6.67. The number of hydrogen-bond acceptors (Lipinski definition) is 1. The van der Waals surface area contributed by atoms with E-state index in [-0.39, 0.29) is 0 Å². The summed E-state index contributed by atoms with van der Waals surface area (Å²) < 4.78 is 40.4. The molecule has 0 fully saturated rings. The third kappa shape index (κ3) is 3.98. The van der Waals surface area contributed by atoms with Crippen molar-refractivity contribution in [1.29, 1.82) is 0 Å². The molecular weight excluding hydrogens is 546 g/mol. The van der Waals surface area contributed by atoms with Gasteiger partial charge in [0.25, 0.3) is 0 Å². The summed E-state index contributed by atoms with van der Waals surface area (Å²) in [6.45, 7) is 0. The summed E-state index contributed by atoms with van der Waals surface area (Å²) in [5.74, 6) is 0. The average Bonchev–Trinajstić information content (AvgIpc) is 3.65. The zero-order chi connectivity index (χ0) is 33.2. The summed E-state index contributed by atoms with van der Waals surface area (Å²) in [6.07, 6.45) is 0. The van der Waals surface area contributed by atoms with Crippen LogP contribution in [0.1, 0.15) is 5.48 Å². The SMILES string of the molecule is [2H]c1ccc2c(c1)c1cc([2H])c(N(c3ccccc3)c3ccc([2H])c4c3c3cccc([2H])c3n4-c3ccccc3)cc1n2-c1ccccc1. The molecule has 2 aromatic heterocycles. The van der Waals surface area contributed by atoms with Crippen molar-refractivity contribution in [2.45, 2.75) is 0 Å². The van der Waals surface area contributed by atoms with Gasteiger partial charge in [-0.2, -0.15) is 0 Å². The molecule has 0 spiro atoms. The van der Waals surface area contributed by atoms with E-state index in [4.69, 9.17) is 2.74 Å². The van der Waals surface area contributed by atoms with Crippen LogP contribution in [0.4, 0.5) is 17.1 Å². The van der Waals surface area contributed by atoms with Crippen LogP contribution in [0.3, 0.4) is 0 Å². The Hall–Kier alpha value is -6.06. The van der Waals surface area contributed by atoms with Crippen LogP contribution >= 0.6 is 0 Å². The van der Waals surface area contributed by atoms with Crippen molar-refractivity contribution in [3.05, 3.63) is 176 Å². The van der Waals surface area contributed by atoms with E-state index in [1.54, 1.807) is 6.07 Å². The zero-order valence-electron chi connectivity index (χ0n) is 28.3. The van der Waals surface area contributed by atoms with Crippen molar-refractivity contribution in [3.63, 3.8) is 0 Å². The van der Waals surface area contributed by atoms with Gasteiger partial charge in [0.1, 0.15) is 0 Å². The minimum atomic E-state index is 0.329. The number of hydrogen-bond donors (Lipinski definition) is 0. The van der Waals surface area contributed by atoms with Gasteiger partial charge in [-0.05, 0) is 72.7 Å². The summed E-state index contributed by atoms with van der Waals surface area (Å²) in [4.78, 5) is 2.11. The first-order valence-corrected chi connectivity index (χ1v) is 15.0. The van der Waals surface area contributed by atoms with Crippen LogP contribution in [0.2, 0.25) is 0 Å². The maximum atomic E-state index is 9.54. The second-order valence-electron chi connectivity index (χ2n) is 11.1. The van der Waals surface area contributed by atoms with Crippen LogP contribution in [0, 0.1) is 0 Å². The number of benzene rings is 7. The normalized spacial score (nSPS) is 12.8. The summed E-state index contributed by atoms with van der Waals surface area (Å²) in [6, 6.07) is 50.8. The maximum absolute atomic E-state index is 9.54. The van der Waals surface area contributed by atoms with E-state index >= 15 is 0 Å². The highest BCUT2D eigenvalue weighted by Crippen LogP contribution is 2.45. The van der Waals surface area contributed by atoms with E-state index in [0.717, 1.165) is 60.8 Å². The number of anilines is 3. The van der Waals surface area contributed by atoms with Crippen LogP contribution in [0.25, 0.3) is 55.0 Å². The van der Waals surface area contributed by atoms with Gasteiger partial charge in [0.15, 0.2) is 0 Å². The van der Waals surface area contributed by atoms with Gasteiger partial charge in [0, 0.05) is 44.3 Å². The molecule has 3 heteroatoms. The molecule has 2 heterocycles. The maximum Gasteiger partial charge on any atom is 0.0645 e. The average molecular weight is 580 g/mol. The Bertz CT molecular complexity index is 2700. The highest BCUT2D eigenvalue weighted by molar-refractivity contribution is 6.17. The Labute approximate surface area is 267 Å². The Kier molecular flexibility index (Phi) is 4.94. The largest absolute Gasteiger partial charge is 0.310 e. The second kappa shape index (κ2) is 10.3. The van der Waals surface area contributed by atoms with Crippen LogP contribution in [-0.2, 0) is 0 Å². The summed E-state index contributed by atoms with van der Waals surface area (Å²) in [7, 11) is 0. The predicted molar refractivity (Wildman–Crippen MR) is 190 cm³/mol. The van der Waals surface area contributed by atoms with Crippen molar-refractivity contribution >= 4 is 60.7 Å². The van der Waals surface area contributed by atoms with E-state index in [2.05, 4.69) is 27.7 Å². The predicted octanol–water partition coefficient (Wildman–Crippen LogP) is 11.4. The summed E-state index contributed by atoms with van der Waals surface area (Å²) in [5, 5.41) is 3.53. The lowest BCUT2D eigenvalue weighted by Crippen LogP contribution is -2.10. The number of para-hydroxylation sites is 5. The van der Waals surface area contributed by atoms with Gasteiger partial charge in [0.2, 0.25) is 0 Å². The molecule has 0 saturated heterocycles. The molecule has 0 saturated carbocycles. The van der Waals surface area contributed by atoms with Gasteiger partial charge in [-0.15, -0.1) is 0 Å². The monoisotopic (exact) mass is 579 g/mol. The Morgan fingerprint density at radius 1 is 0.422 bits per heavy atom. The first-order chi connectivity index (χ1) is 24.0. The number of nitrogens with zero attached hydrogens (tertiary/aromatic N) is 3. The minimum absolute atomic E-state index is 0.329. The van der Waals surface area contributed by atoms with E-state index in [9.17, 15) is 2.74 Å². The van der Waals surface area contributed by atoms with Crippen LogP contribution in [0.15, 0.2) is 176 Å². The van der Waals surface area contributed by atoms with Gasteiger partial charge in [-0.25, -0.2) is 0 Å². The lowest BCUT2D eigenvalue weighted by Gasteiger charge is -2.27. The van der Waals surface area contributed by atoms with Crippen molar-refractivity contribution in [3.8, 4) is 11.4 Å². The standard InChI is InChI=1S/C42H29N3/c1-4-15-30(16-5-1)43(33-27-28-35-34-21-10-12-23-37(34)45(41(35)29-33)32-19-8-3-9-20-32)39-25-14-26-40-42(39)36-22-11-13-24-38(36)44(40)31-17-6-2-7-18-31/h1-29H/i10D,24D,26D,27D. The van der Waals surface area contributed by atoms with E-state index < -0.39 is 0 Å². The molecule has 9 rings (SSSR count).